The van der Waals surface area contributed by atoms with Gasteiger partial charge in [-0.05, 0) is 105 Å². The summed E-state index contributed by atoms with van der Waals surface area (Å²) in [6.45, 7) is 0. The summed E-state index contributed by atoms with van der Waals surface area (Å²) in [4.78, 5) is 10.7. The Morgan fingerprint density at radius 1 is 0.268 bits per heavy atom. The average Bonchev–Trinajstić information content (AvgIpc) is 3.27. The zero-order valence-electron chi connectivity index (χ0n) is 30.4. The number of benzene rings is 10. The molecule has 0 unspecified atom stereocenters. The number of hydrogen-bond acceptors (Lipinski definition) is 2. The molecule has 0 aliphatic heterocycles. The fourth-order valence-corrected chi connectivity index (χ4v) is 9.41. The molecule has 1 aromatic heterocycles. The third-order valence-electron chi connectivity index (χ3n) is 11.8. The summed E-state index contributed by atoms with van der Waals surface area (Å²) in [5, 5.41) is 18.3. The molecule has 0 spiro atoms. The van der Waals surface area contributed by atoms with Crippen molar-refractivity contribution in [1.82, 2.24) is 9.97 Å². The van der Waals surface area contributed by atoms with Crippen LogP contribution in [0.15, 0.2) is 194 Å². The van der Waals surface area contributed by atoms with Gasteiger partial charge in [0.05, 0.1) is 11.2 Å². The third kappa shape index (κ3) is 4.50. The lowest BCUT2D eigenvalue weighted by Crippen LogP contribution is -1.98. The quantitative estimate of drug-likeness (QED) is 0.135. The maximum absolute atomic E-state index is 5.40. The molecule has 0 aliphatic carbocycles. The largest absolute Gasteiger partial charge is 0.228 e. The molecule has 0 bridgehead atoms. The third-order valence-corrected chi connectivity index (χ3v) is 11.8. The van der Waals surface area contributed by atoms with E-state index in [1.165, 1.54) is 75.8 Å². The molecule has 0 fully saturated rings. The lowest BCUT2D eigenvalue weighted by molar-refractivity contribution is 1.24. The molecular weight excluding hydrogens is 677 g/mol. The Morgan fingerprint density at radius 3 is 1.41 bits per heavy atom. The van der Waals surface area contributed by atoms with Gasteiger partial charge in [0.25, 0.3) is 0 Å². The second kappa shape index (κ2) is 12.0. The van der Waals surface area contributed by atoms with Crippen LogP contribution >= 0.6 is 0 Å². The predicted octanol–water partition coefficient (Wildman–Crippen LogP) is 14.7. The second-order valence-electron chi connectivity index (χ2n) is 14.8. The molecule has 0 atom stereocenters. The van der Waals surface area contributed by atoms with Gasteiger partial charge in [0, 0.05) is 16.5 Å². The van der Waals surface area contributed by atoms with Crippen molar-refractivity contribution < 1.29 is 0 Å². The summed E-state index contributed by atoms with van der Waals surface area (Å²) in [6.07, 6.45) is 0. The van der Waals surface area contributed by atoms with Gasteiger partial charge in [-0.25, -0.2) is 9.97 Å². The van der Waals surface area contributed by atoms with Crippen LogP contribution in [0, 0.1) is 0 Å². The highest BCUT2D eigenvalue weighted by Crippen LogP contribution is 2.47. The van der Waals surface area contributed by atoms with Gasteiger partial charge in [0.15, 0.2) is 5.82 Å². The minimum atomic E-state index is 0.731. The highest BCUT2D eigenvalue weighted by Gasteiger charge is 2.21. The lowest BCUT2D eigenvalue weighted by Gasteiger charge is -2.19. The van der Waals surface area contributed by atoms with E-state index in [1.807, 2.05) is 0 Å². The molecule has 12 aromatic rings. The molecule has 0 radical (unpaired) electrons. The first-order chi connectivity index (χ1) is 27.8. The van der Waals surface area contributed by atoms with E-state index < -0.39 is 0 Å². The second-order valence-corrected chi connectivity index (χ2v) is 14.8. The normalized spacial score (nSPS) is 11.9. The van der Waals surface area contributed by atoms with E-state index in [2.05, 4.69) is 194 Å². The first kappa shape index (κ1) is 31.0. The highest BCUT2D eigenvalue weighted by atomic mass is 14.9. The average molecular weight is 709 g/mol. The molecule has 11 aromatic carbocycles. The molecule has 2 nitrogen and oxygen atoms in total. The topological polar surface area (TPSA) is 25.8 Å². The Balaban J connectivity index is 1.23. The number of hydrogen-bond donors (Lipinski definition) is 0. The zero-order chi connectivity index (χ0) is 36.7. The summed E-state index contributed by atoms with van der Waals surface area (Å²) in [5.74, 6) is 0.731. The molecule has 0 amide bonds. The van der Waals surface area contributed by atoms with Gasteiger partial charge >= 0.3 is 0 Å². The Morgan fingerprint density at radius 2 is 0.750 bits per heavy atom. The van der Waals surface area contributed by atoms with E-state index in [0.29, 0.717) is 0 Å². The fraction of sp³-hybridized carbons (Fsp3) is 0. The molecule has 0 saturated heterocycles. The summed E-state index contributed by atoms with van der Waals surface area (Å²) in [7, 11) is 0. The highest BCUT2D eigenvalue weighted by molar-refractivity contribution is 6.34. The van der Waals surface area contributed by atoms with Crippen LogP contribution in [0.5, 0.6) is 0 Å². The molecule has 2 heteroatoms. The predicted molar refractivity (Wildman–Crippen MR) is 238 cm³/mol. The van der Waals surface area contributed by atoms with Gasteiger partial charge in [-0.3, -0.25) is 0 Å². The summed E-state index contributed by atoms with van der Waals surface area (Å²) in [6, 6.07) is 70.5. The van der Waals surface area contributed by atoms with E-state index in [0.717, 1.165) is 44.3 Å². The van der Waals surface area contributed by atoms with Crippen molar-refractivity contribution in [1.29, 1.82) is 0 Å². The van der Waals surface area contributed by atoms with Crippen LogP contribution in [0.4, 0.5) is 0 Å². The molecule has 0 N–H and O–H groups in total. The van der Waals surface area contributed by atoms with E-state index in [9.17, 15) is 0 Å². The van der Waals surface area contributed by atoms with Crippen molar-refractivity contribution in [2.75, 3.05) is 0 Å². The SMILES string of the molecule is c1ccc(-c2nc(-c3c4ccccc4c(-c4cc5ccc6cccc7c8ccccc8c8ccccc8c(c4)c5c67)c4ccccc34)nc3ccccc23)cc1. The van der Waals surface area contributed by atoms with Crippen LogP contribution in [0.3, 0.4) is 0 Å². The number of fused-ring (bicyclic) bond motifs is 8. The molecule has 0 saturated carbocycles. The summed E-state index contributed by atoms with van der Waals surface area (Å²) < 4.78 is 0. The summed E-state index contributed by atoms with van der Waals surface area (Å²) >= 11 is 0. The zero-order valence-corrected chi connectivity index (χ0v) is 30.4. The van der Waals surface area contributed by atoms with E-state index in [-0.39, 0.29) is 0 Å². The van der Waals surface area contributed by atoms with E-state index in [1.54, 1.807) is 0 Å². The molecule has 0 aliphatic rings. The van der Waals surface area contributed by atoms with Crippen molar-refractivity contribution in [3.05, 3.63) is 194 Å². The van der Waals surface area contributed by atoms with Crippen molar-refractivity contribution in [2.24, 2.45) is 0 Å². The van der Waals surface area contributed by atoms with Gasteiger partial charge < -0.3 is 0 Å². The van der Waals surface area contributed by atoms with Gasteiger partial charge in [-0.15, -0.1) is 0 Å². The molecule has 1 heterocycles. The van der Waals surface area contributed by atoms with Crippen LogP contribution in [-0.4, -0.2) is 9.97 Å². The fourth-order valence-electron chi connectivity index (χ4n) is 9.41. The summed E-state index contributed by atoms with van der Waals surface area (Å²) in [5.41, 5.74) is 6.41. The van der Waals surface area contributed by atoms with Crippen LogP contribution in [0.1, 0.15) is 0 Å². The van der Waals surface area contributed by atoms with Gasteiger partial charge in [-0.2, -0.15) is 0 Å². The molecular formula is C54H32N2. The van der Waals surface area contributed by atoms with Gasteiger partial charge in [0.2, 0.25) is 0 Å². The standard InChI is InChI=1S/C54H32N2/c1-2-15-34(16-3-1)53-46-26-12-13-28-48(46)55-54(56-53)52-44-24-10-8-22-42(44)49(43-23-9-11-25-45(43)52)36-31-35-30-29-33-17-14-27-41-39-20-6-4-18-37(39)38-19-5-7-21-40(38)47(32-36)51(35)50(33)41/h1-32H. The maximum atomic E-state index is 5.40. The lowest BCUT2D eigenvalue weighted by atomic mass is 9.85. The van der Waals surface area contributed by atoms with E-state index in [4.69, 9.17) is 9.97 Å². The number of aromatic nitrogens is 2. The van der Waals surface area contributed by atoms with Crippen molar-refractivity contribution in [2.45, 2.75) is 0 Å². The molecule has 12 rings (SSSR count). The van der Waals surface area contributed by atoms with Gasteiger partial charge in [0.1, 0.15) is 0 Å². The Kier molecular flexibility index (Phi) is 6.66. The van der Waals surface area contributed by atoms with Crippen LogP contribution < -0.4 is 0 Å². The number of nitrogens with zero attached hydrogens (tertiary/aromatic N) is 2. The number of rotatable bonds is 3. The molecule has 258 valence electrons. The van der Waals surface area contributed by atoms with Crippen LogP contribution in [-0.2, 0) is 0 Å². The van der Waals surface area contributed by atoms with Crippen LogP contribution in [0.25, 0.3) is 120 Å². The maximum Gasteiger partial charge on any atom is 0.161 e. The first-order valence-corrected chi connectivity index (χ1v) is 19.3. The first-order valence-electron chi connectivity index (χ1n) is 19.3. The van der Waals surface area contributed by atoms with E-state index >= 15 is 0 Å². The van der Waals surface area contributed by atoms with Gasteiger partial charge in [-0.1, -0.05) is 176 Å². The Bertz CT molecular complexity index is 3530. The van der Waals surface area contributed by atoms with Crippen molar-refractivity contribution in [3.63, 3.8) is 0 Å². The minimum absolute atomic E-state index is 0.731. The van der Waals surface area contributed by atoms with Crippen molar-refractivity contribution in [3.8, 4) is 33.8 Å². The monoisotopic (exact) mass is 708 g/mol. The minimum Gasteiger partial charge on any atom is -0.228 e. The number of para-hydroxylation sites is 1. The Hall–Kier alpha value is -7.42. The van der Waals surface area contributed by atoms with Crippen molar-refractivity contribution >= 4 is 86.3 Å². The Labute approximate surface area is 322 Å². The molecule has 56 heavy (non-hydrogen) atoms. The smallest absolute Gasteiger partial charge is 0.161 e. The van der Waals surface area contributed by atoms with Crippen LogP contribution in [0.2, 0.25) is 0 Å².